The first-order valence-electron chi connectivity index (χ1n) is 9.57. The van der Waals surface area contributed by atoms with Gasteiger partial charge in [-0.3, -0.25) is 4.90 Å². The van der Waals surface area contributed by atoms with Gasteiger partial charge in [-0.2, -0.15) is 0 Å². The molecule has 2 aromatic carbocycles. The number of hydrogen-bond acceptors (Lipinski definition) is 5. The molecule has 1 heterocycles. The van der Waals surface area contributed by atoms with Crippen LogP contribution in [0.4, 0.5) is 10.5 Å². The Morgan fingerprint density at radius 3 is 2.32 bits per heavy atom. The van der Waals surface area contributed by atoms with Gasteiger partial charge in [0.2, 0.25) is 0 Å². The molecule has 31 heavy (non-hydrogen) atoms. The lowest BCUT2D eigenvalue weighted by atomic mass is 9.94. The van der Waals surface area contributed by atoms with Crippen molar-refractivity contribution in [1.29, 1.82) is 0 Å². The summed E-state index contributed by atoms with van der Waals surface area (Å²) in [7, 11) is 0. The van der Waals surface area contributed by atoms with E-state index in [0.29, 0.717) is 16.3 Å². The summed E-state index contributed by atoms with van der Waals surface area (Å²) in [5.41, 5.74) is 0.729. The van der Waals surface area contributed by atoms with Gasteiger partial charge in [-0.1, -0.05) is 39.7 Å². The third-order valence-corrected chi connectivity index (χ3v) is 5.21. The molecule has 0 fully saturated rings. The first-order chi connectivity index (χ1) is 14.9. The topological polar surface area (TPSA) is 84.9 Å². The minimum Gasteiger partial charge on any atom is -0.463 e. The van der Waals surface area contributed by atoms with Crippen LogP contribution in [-0.2, 0) is 19.1 Å². The quantitative estimate of drug-likeness (QED) is 0.570. The fraction of sp³-hybridized carbons (Fsp3) is 0.227. The summed E-state index contributed by atoms with van der Waals surface area (Å²) in [6, 6.07) is 11.9. The highest BCUT2D eigenvalue weighted by Gasteiger charge is 2.42. The average Bonchev–Trinajstić information content (AvgIpc) is 2.74. The van der Waals surface area contributed by atoms with E-state index in [-0.39, 0.29) is 24.5 Å². The second-order valence-corrected chi connectivity index (χ2v) is 7.80. The SMILES string of the molecule is CCOC(=O)C1=C(C(=O)OCC)N(c2ccc(Cl)cc2)C(=O)N[C@H]1c1cccc(Br)c1. The second-order valence-electron chi connectivity index (χ2n) is 6.45. The largest absolute Gasteiger partial charge is 0.463 e. The number of nitrogens with zero attached hydrogens (tertiary/aromatic N) is 1. The van der Waals surface area contributed by atoms with E-state index in [1.165, 1.54) is 0 Å². The van der Waals surface area contributed by atoms with Crippen LogP contribution in [0.3, 0.4) is 0 Å². The molecular weight excluding hydrogens is 488 g/mol. The zero-order valence-corrected chi connectivity index (χ0v) is 19.2. The van der Waals surface area contributed by atoms with Crippen LogP contribution in [-0.4, -0.2) is 31.2 Å². The van der Waals surface area contributed by atoms with Crippen LogP contribution in [0.5, 0.6) is 0 Å². The Labute approximate surface area is 193 Å². The molecule has 0 radical (unpaired) electrons. The number of anilines is 1. The van der Waals surface area contributed by atoms with Crippen LogP contribution < -0.4 is 10.2 Å². The lowest BCUT2D eigenvalue weighted by Gasteiger charge is -2.35. The maximum absolute atomic E-state index is 13.2. The van der Waals surface area contributed by atoms with Gasteiger partial charge in [-0.15, -0.1) is 0 Å². The van der Waals surface area contributed by atoms with Crippen LogP contribution in [0.15, 0.2) is 64.3 Å². The molecule has 0 spiro atoms. The molecule has 9 heteroatoms. The monoisotopic (exact) mass is 506 g/mol. The number of carbonyl (C=O) groups excluding carboxylic acids is 3. The van der Waals surface area contributed by atoms with Crippen molar-refractivity contribution in [3.63, 3.8) is 0 Å². The van der Waals surface area contributed by atoms with Gasteiger partial charge in [-0.05, 0) is 55.8 Å². The first kappa shape index (κ1) is 22.8. The summed E-state index contributed by atoms with van der Waals surface area (Å²) in [4.78, 5) is 40.3. The van der Waals surface area contributed by atoms with E-state index in [1.54, 1.807) is 56.3 Å². The van der Waals surface area contributed by atoms with Crippen molar-refractivity contribution in [3.05, 3.63) is 74.9 Å². The maximum atomic E-state index is 13.2. The number of hydrogen-bond donors (Lipinski definition) is 1. The number of nitrogens with one attached hydrogen (secondary N) is 1. The van der Waals surface area contributed by atoms with Crippen LogP contribution in [0.1, 0.15) is 25.5 Å². The molecule has 0 aromatic heterocycles. The Kier molecular flexibility index (Phi) is 7.35. The van der Waals surface area contributed by atoms with Gasteiger partial charge in [0, 0.05) is 9.50 Å². The standard InChI is InChI=1S/C22H20BrClN2O5/c1-3-30-20(27)17-18(13-6-5-7-14(23)12-13)25-22(29)26(19(17)21(28)31-4-2)16-10-8-15(24)9-11-16/h5-12,18H,3-4H2,1-2H3,(H,25,29)/t18-/m0/s1. The molecular formula is C22H20BrClN2O5. The predicted molar refractivity (Wildman–Crippen MR) is 120 cm³/mol. The summed E-state index contributed by atoms with van der Waals surface area (Å²) in [5.74, 6) is -1.54. The van der Waals surface area contributed by atoms with E-state index < -0.39 is 24.0 Å². The molecule has 1 atom stereocenters. The van der Waals surface area contributed by atoms with Crippen molar-refractivity contribution < 1.29 is 23.9 Å². The second kappa shape index (κ2) is 9.98. The number of ether oxygens (including phenoxy) is 2. The molecule has 2 amide bonds. The number of urea groups is 1. The van der Waals surface area contributed by atoms with Gasteiger partial charge in [0.05, 0.1) is 30.5 Å². The van der Waals surface area contributed by atoms with Crippen molar-refractivity contribution in [1.82, 2.24) is 5.32 Å². The molecule has 0 unspecified atom stereocenters. The average molecular weight is 508 g/mol. The van der Waals surface area contributed by atoms with Gasteiger partial charge in [0.25, 0.3) is 0 Å². The van der Waals surface area contributed by atoms with E-state index >= 15 is 0 Å². The summed E-state index contributed by atoms with van der Waals surface area (Å²) in [6.07, 6.45) is 0. The minimum absolute atomic E-state index is 0.0204. The number of carbonyl (C=O) groups is 3. The van der Waals surface area contributed by atoms with Gasteiger partial charge < -0.3 is 14.8 Å². The van der Waals surface area contributed by atoms with Crippen LogP contribution in [0, 0.1) is 0 Å². The van der Waals surface area contributed by atoms with Crippen LogP contribution in [0.25, 0.3) is 0 Å². The number of rotatable bonds is 6. The molecule has 0 bridgehead atoms. The third-order valence-electron chi connectivity index (χ3n) is 4.47. The van der Waals surface area contributed by atoms with Crippen molar-refractivity contribution in [2.75, 3.05) is 18.1 Å². The zero-order valence-electron chi connectivity index (χ0n) is 16.9. The molecule has 162 valence electrons. The fourth-order valence-electron chi connectivity index (χ4n) is 3.22. The van der Waals surface area contributed by atoms with Gasteiger partial charge >= 0.3 is 18.0 Å². The number of amides is 2. The Morgan fingerprint density at radius 2 is 1.71 bits per heavy atom. The highest BCUT2D eigenvalue weighted by molar-refractivity contribution is 9.10. The number of benzene rings is 2. The number of esters is 2. The third kappa shape index (κ3) is 4.91. The van der Waals surface area contributed by atoms with Crippen LogP contribution >= 0.6 is 27.5 Å². The molecule has 1 N–H and O–H groups in total. The predicted octanol–water partition coefficient (Wildman–Crippen LogP) is 4.75. The molecule has 3 rings (SSSR count). The Bertz CT molecular complexity index is 1040. The zero-order chi connectivity index (χ0) is 22.5. The summed E-state index contributed by atoms with van der Waals surface area (Å²) in [6.45, 7) is 3.47. The van der Waals surface area contributed by atoms with Gasteiger partial charge in [0.15, 0.2) is 0 Å². The molecule has 0 saturated carbocycles. The van der Waals surface area contributed by atoms with E-state index in [9.17, 15) is 14.4 Å². The smallest absolute Gasteiger partial charge is 0.356 e. The Balaban J connectivity index is 2.27. The lowest BCUT2D eigenvalue weighted by molar-refractivity contribution is -0.142. The van der Waals surface area contributed by atoms with E-state index in [4.69, 9.17) is 21.1 Å². The normalized spacial score (nSPS) is 16.1. The van der Waals surface area contributed by atoms with E-state index in [1.807, 2.05) is 6.07 Å². The van der Waals surface area contributed by atoms with Crippen LogP contribution in [0.2, 0.25) is 5.02 Å². The van der Waals surface area contributed by atoms with Crippen molar-refractivity contribution in [2.24, 2.45) is 0 Å². The van der Waals surface area contributed by atoms with Gasteiger partial charge in [0.1, 0.15) is 5.70 Å². The summed E-state index contributed by atoms with van der Waals surface area (Å²) in [5, 5.41) is 3.26. The van der Waals surface area contributed by atoms with Crippen molar-refractivity contribution in [3.8, 4) is 0 Å². The molecule has 0 saturated heterocycles. The Morgan fingerprint density at radius 1 is 1.06 bits per heavy atom. The van der Waals surface area contributed by atoms with Crippen molar-refractivity contribution in [2.45, 2.75) is 19.9 Å². The van der Waals surface area contributed by atoms with E-state index in [2.05, 4.69) is 21.2 Å². The van der Waals surface area contributed by atoms with Crippen molar-refractivity contribution >= 4 is 51.2 Å². The molecule has 2 aromatic rings. The summed E-state index contributed by atoms with van der Waals surface area (Å²) < 4.78 is 11.2. The lowest BCUT2D eigenvalue weighted by Crippen LogP contribution is -2.51. The maximum Gasteiger partial charge on any atom is 0.356 e. The molecule has 0 aliphatic carbocycles. The Hall–Kier alpha value is -2.84. The minimum atomic E-state index is -0.910. The highest BCUT2D eigenvalue weighted by atomic mass is 79.9. The first-order valence-corrected chi connectivity index (χ1v) is 10.7. The number of halogens is 2. The fourth-order valence-corrected chi connectivity index (χ4v) is 3.76. The molecule has 1 aliphatic heterocycles. The molecule has 7 nitrogen and oxygen atoms in total. The molecule has 1 aliphatic rings. The summed E-state index contributed by atoms with van der Waals surface area (Å²) >= 11 is 9.37. The van der Waals surface area contributed by atoms with E-state index in [0.717, 1.165) is 9.37 Å². The highest BCUT2D eigenvalue weighted by Crippen LogP contribution is 2.36. The van der Waals surface area contributed by atoms with Gasteiger partial charge in [-0.25, -0.2) is 14.4 Å².